The van der Waals surface area contributed by atoms with Crippen LogP contribution >= 0.6 is 0 Å². The van der Waals surface area contributed by atoms with Crippen LogP contribution in [0.5, 0.6) is 0 Å². The summed E-state index contributed by atoms with van der Waals surface area (Å²) in [6.45, 7) is 0. The van der Waals surface area contributed by atoms with Crippen LogP contribution in [0.15, 0.2) is 48.7 Å². The second kappa shape index (κ2) is 3.02. The summed E-state index contributed by atoms with van der Waals surface area (Å²) in [7, 11) is 0. The van der Waals surface area contributed by atoms with E-state index in [1.54, 1.807) is 0 Å². The van der Waals surface area contributed by atoms with Gasteiger partial charge in [-0.05, 0) is 30.5 Å². The first-order chi connectivity index (χ1) is 6.95. The Bertz CT molecular complexity index is 424. The Labute approximate surface area is 84.0 Å². The lowest BCUT2D eigenvalue weighted by molar-refractivity contribution is 0.756. The Morgan fingerprint density at radius 3 is 2.43 bits per heavy atom. The van der Waals surface area contributed by atoms with Gasteiger partial charge in [-0.15, -0.1) is 0 Å². The van der Waals surface area contributed by atoms with Crippen molar-refractivity contribution in [2.75, 3.05) is 0 Å². The molecule has 2 aromatic rings. The molecule has 0 N–H and O–H groups in total. The summed E-state index contributed by atoms with van der Waals surface area (Å²) in [6.07, 6.45) is 4.88. The highest BCUT2D eigenvalue weighted by Crippen LogP contribution is 2.38. The van der Waals surface area contributed by atoms with Crippen molar-refractivity contribution in [3.8, 4) is 11.3 Å². The average Bonchev–Trinajstić information content (AvgIpc) is 2.98. The molecule has 1 saturated carbocycles. The molecule has 1 heterocycles. The second-order valence-electron chi connectivity index (χ2n) is 3.90. The summed E-state index contributed by atoms with van der Waals surface area (Å²) < 4.78 is 2.40. The zero-order valence-corrected chi connectivity index (χ0v) is 8.06. The van der Waals surface area contributed by atoms with E-state index in [4.69, 9.17) is 0 Å². The van der Waals surface area contributed by atoms with Crippen LogP contribution < -0.4 is 0 Å². The third-order valence-electron chi connectivity index (χ3n) is 2.79. The molecule has 1 aromatic carbocycles. The molecule has 3 rings (SSSR count). The van der Waals surface area contributed by atoms with Gasteiger partial charge >= 0.3 is 0 Å². The first kappa shape index (κ1) is 7.86. The third-order valence-corrected chi connectivity index (χ3v) is 2.79. The van der Waals surface area contributed by atoms with Crippen molar-refractivity contribution in [2.45, 2.75) is 18.9 Å². The number of rotatable bonds is 2. The summed E-state index contributed by atoms with van der Waals surface area (Å²) in [5.41, 5.74) is 2.68. The van der Waals surface area contributed by atoms with Gasteiger partial charge in [-0.1, -0.05) is 30.3 Å². The molecule has 0 amide bonds. The molecule has 0 aliphatic heterocycles. The van der Waals surface area contributed by atoms with Gasteiger partial charge in [0.05, 0.1) is 0 Å². The van der Waals surface area contributed by atoms with E-state index in [0.717, 1.165) is 6.04 Å². The summed E-state index contributed by atoms with van der Waals surface area (Å²) in [5.74, 6) is 0. The maximum Gasteiger partial charge on any atom is 0.0482 e. The third kappa shape index (κ3) is 1.25. The highest BCUT2D eigenvalue weighted by atomic mass is 15.0. The second-order valence-corrected chi connectivity index (χ2v) is 3.90. The molecule has 1 nitrogen and oxygen atoms in total. The van der Waals surface area contributed by atoms with Gasteiger partial charge in [-0.25, -0.2) is 0 Å². The summed E-state index contributed by atoms with van der Waals surface area (Å²) >= 11 is 0. The number of hydrogen-bond donors (Lipinski definition) is 0. The fourth-order valence-corrected chi connectivity index (χ4v) is 1.92. The van der Waals surface area contributed by atoms with E-state index >= 15 is 0 Å². The van der Waals surface area contributed by atoms with Crippen LogP contribution in [-0.4, -0.2) is 4.57 Å². The van der Waals surface area contributed by atoms with Gasteiger partial charge in [0.25, 0.3) is 0 Å². The quantitative estimate of drug-likeness (QED) is 0.671. The van der Waals surface area contributed by atoms with Crippen molar-refractivity contribution in [3.63, 3.8) is 0 Å². The first-order valence-corrected chi connectivity index (χ1v) is 5.17. The molecule has 14 heavy (non-hydrogen) atoms. The molecule has 1 aliphatic rings. The fraction of sp³-hybridized carbons (Fsp3) is 0.231. The minimum absolute atomic E-state index is 0.764. The van der Waals surface area contributed by atoms with Crippen LogP contribution in [0.25, 0.3) is 11.3 Å². The van der Waals surface area contributed by atoms with Gasteiger partial charge < -0.3 is 4.57 Å². The lowest BCUT2D eigenvalue weighted by atomic mass is 10.1. The van der Waals surface area contributed by atoms with Gasteiger partial charge in [0.1, 0.15) is 0 Å². The molecule has 0 saturated heterocycles. The molecule has 0 radical (unpaired) electrons. The average molecular weight is 183 g/mol. The minimum atomic E-state index is 0.764. The molecule has 70 valence electrons. The summed E-state index contributed by atoms with van der Waals surface area (Å²) in [5, 5.41) is 0. The van der Waals surface area contributed by atoms with Gasteiger partial charge in [0, 0.05) is 17.9 Å². The molecule has 0 atom stereocenters. The highest BCUT2D eigenvalue weighted by molar-refractivity contribution is 5.60. The van der Waals surface area contributed by atoms with Gasteiger partial charge in [0.2, 0.25) is 0 Å². The van der Waals surface area contributed by atoms with Crippen molar-refractivity contribution >= 4 is 0 Å². The number of hydrogen-bond acceptors (Lipinski definition) is 0. The van der Waals surface area contributed by atoms with E-state index in [9.17, 15) is 0 Å². The SMILES string of the molecule is c1ccc(-c2cccn2C2CC2)cc1. The lowest BCUT2D eigenvalue weighted by Crippen LogP contribution is -1.93. The van der Waals surface area contributed by atoms with Crippen molar-refractivity contribution < 1.29 is 0 Å². The van der Waals surface area contributed by atoms with Gasteiger partial charge in [-0.3, -0.25) is 0 Å². The van der Waals surface area contributed by atoms with Crippen LogP contribution in [0.2, 0.25) is 0 Å². The van der Waals surface area contributed by atoms with E-state index < -0.39 is 0 Å². The molecule has 0 bridgehead atoms. The van der Waals surface area contributed by atoms with Crippen molar-refractivity contribution in [1.29, 1.82) is 0 Å². The van der Waals surface area contributed by atoms with E-state index in [1.807, 2.05) is 0 Å². The molecule has 0 spiro atoms. The molecule has 0 unspecified atom stereocenters. The maximum absolute atomic E-state index is 2.40. The predicted octanol–water partition coefficient (Wildman–Crippen LogP) is 3.49. The standard InChI is InChI=1S/C13H13N/c1-2-5-11(6-3-1)13-7-4-10-14(13)12-8-9-12/h1-7,10,12H,8-9H2. The van der Waals surface area contributed by atoms with Crippen molar-refractivity contribution in [1.82, 2.24) is 4.57 Å². The molecular weight excluding hydrogens is 170 g/mol. The Morgan fingerprint density at radius 2 is 1.71 bits per heavy atom. The van der Waals surface area contributed by atoms with Crippen LogP contribution in [0.1, 0.15) is 18.9 Å². The number of nitrogens with zero attached hydrogens (tertiary/aromatic N) is 1. The minimum Gasteiger partial charge on any atom is -0.344 e. The normalized spacial score (nSPS) is 15.7. The Balaban J connectivity index is 2.07. The van der Waals surface area contributed by atoms with Crippen molar-refractivity contribution in [2.24, 2.45) is 0 Å². The van der Waals surface area contributed by atoms with Gasteiger partial charge in [-0.2, -0.15) is 0 Å². The van der Waals surface area contributed by atoms with E-state index in [2.05, 4.69) is 53.2 Å². The Kier molecular flexibility index (Phi) is 1.69. The van der Waals surface area contributed by atoms with E-state index in [1.165, 1.54) is 24.1 Å². The molecular formula is C13H13N. The number of aromatic nitrogens is 1. The summed E-state index contributed by atoms with van der Waals surface area (Å²) in [4.78, 5) is 0. The number of benzene rings is 1. The molecule has 1 aromatic heterocycles. The zero-order chi connectivity index (χ0) is 9.38. The van der Waals surface area contributed by atoms with Crippen LogP contribution in [0, 0.1) is 0 Å². The van der Waals surface area contributed by atoms with E-state index in [-0.39, 0.29) is 0 Å². The lowest BCUT2D eigenvalue weighted by Gasteiger charge is -2.07. The van der Waals surface area contributed by atoms with Gasteiger partial charge in [0.15, 0.2) is 0 Å². The monoisotopic (exact) mass is 183 g/mol. The zero-order valence-electron chi connectivity index (χ0n) is 8.06. The van der Waals surface area contributed by atoms with Crippen LogP contribution in [0.3, 0.4) is 0 Å². The van der Waals surface area contributed by atoms with Crippen molar-refractivity contribution in [3.05, 3.63) is 48.7 Å². The predicted molar refractivity (Wildman–Crippen MR) is 58.1 cm³/mol. The highest BCUT2D eigenvalue weighted by Gasteiger charge is 2.24. The Hall–Kier alpha value is -1.50. The van der Waals surface area contributed by atoms with Crippen LogP contribution in [0.4, 0.5) is 0 Å². The largest absolute Gasteiger partial charge is 0.344 e. The first-order valence-electron chi connectivity index (χ1n) is 5.17. The molecule has 1 heteroatoms. The smallest absolute Gasteiger partial charge is 0.0482 e. The summed E-state index contributed by atoms with van der Waals surface area (Å²) in [6, 6.07) is 15.7. The topological polar surface area (TPSA) is 4.93 Å². The molecule has 1 fully saturated rings. The maximum atomic E-state index is 2.40. The molecule has 1 aliphatic carbocycles. The Morgan fingerprint density at radius 1 is 0.929 bits per heavy atom. The fourth-order valence-electron chi connectivity index (χ4n) is 1.92. The van der Waals surface area contributed by atoms with Crippen LogP contribution in [-0.2, 0) is 0 Å². The van der Waals surface area contributed by atoms with E-state index in [0.29, 0.717) is 0 Å².